The molecule has 2 N–H and O–H groups in total. The van der Waals surface area contributed by atoms with Crippen LogP contribution in [0.5, 0.6) is 5.75 Å². The summed E-state index contributed by atoms with van der Waals surface area (Å²) in [5.41, 5.74) is 7.36. The van der Waals surface area contributed by atoms with Gasteiger partial charge in [-0.15, -0.1) is 0 Å². The number of ether oxygens (including phenoxy) is 1. The first-order valence-corrected chi connectivity index (χ1v) is 5.27. The lowest BCUT2D eigenvalue weighted by atomic mass is 10.2. The Morgan fingerprint density at radius 3 is 2.75 bits per heavy atom. The van der Waals surface area contributed by atoms with Crippen LogP contribution in [0.3, 0.4) is 0 Å². The molecular weight excluding hydrogens is 204 g/mol. The molecule has 0 aromatic heterocycles. The molecule has 0 spiro atoms. The zero-order valence-electron chi connectivity index (χ0n) is 9.99. The molecule has 0 saturated carbocycles. The molecule has 0 bridgehead atoms. The van der Waals surface area contributed by atoms with Crippen LogP contribution in [0.15, 0.2) is 18.2 Å². The lowest BCUT2D eigenvalue weighted by Crippen LogP contribution is -2.31. The van der Waals surface area contributed by atoms with Crippen molar-refractivity contribution in [2.24, 2.45) is 0 Å². The molecular formula is C12H18N2O2. The summed E-state index contributed by atoms with van der Waals surface area (Å²) in [4.78, 5) is 13.1. The SMILES string of the molecule is CCN(C)C(=O)COc1ccc(N)c(C)c1. The monoisotopic (exact) mass is 222 g/mol. The molecule has 0 atom stereocenters. The number of anilines is 1. The molecule has 1 rings (SSSR count). The Balaban J connectivity index is 2.55. The third-order valence-corrected chi connectivity index (χ3v) is 2.50. The van der Waals surface area contributed by atoms with Crippen molar-refractivity contribution in [1.82, 2.24) is 4.90 Å². The largest absolute Gasteiger partial charge is 0.484 e. The van der Waals surface area contributed by atoms with Crippen LogP contribution in [0, 0.1) is 6.92 Å². The Morgan fingerprint density at radius 2 is 2.19 bits per heavy atom. The molecule has 88 valence electrons. The Labute approximate surface area is 96.0 Å². The van der Waals surface area contributed by atoms with E-state index in [9.17, 15) is 4.79 Å². The van der Waals surface area contributed by atoms with E-state index in [1.54, 1.807) is 24.1 Å². The number of aryl methyl sites for hydroxylation is 1. The van der Waals surface area contributed by atoms with Crippen LogP contribution in [-0.2, 0) is 4.79 Å². The maximum Gasteiger partial charge on any atom is 0.260 e. The number of hydrogen-bond donors (Lipinski definition) is 1. The number of amides is 1. The smallest absolute Gasteiger partial charge is 0.260 e. The summed E-state index contributed by atoms with van der Waals surface area (Å²) in [6.45, 7) is 4.57. The average Bonchev–Trinajstić information content (AvgIpc) is 2.29. The van der Waals surface area contributed by atoms with Crippen molar-refractivity contribution < 1.29 is 9.53 Å². The minimum Gasteiger partial charge on any atom is -0.484 e. The highest BCUT2D eigenvalue weighted by Gasteiger charge is 2.07. The second kappa shape index (κ2) is 5.39. The number of nitrogens with two attached hydrogens (primary N) is 1. The quantitative estimate of drug-likeness (QED) is 0.784. The van der Waals surface area contributed by atoms with Gasteiger partial charge in [-0.1, -0.05) is 0 Å². The minimum atomic E-state index is -0.0306. The van der Waals surface area contributed by atoms with Gasteiger partial charge in [-0.3, -0.25) is 4.79 Å². The molecule has 0 heterocycles. The standard InChI is InChI=1S/C12H18N2O2/c1-4-14(3)12(15)8-16-10-5-6-11(13)9(2)7-10/h5-7H,4,8,13H2,1-3H3. The summed E-state index contributed by atoms with van der Waals surface area (Å²) >= 11 is 0. The summed E-state index contributed by atoms with van der Waals surface area (Å²) in [6.07, 6.45) is 0. The number of carbonyl (C=O) groups excluding carboxylic acids is 1. The van der Waals surface area contributed by atoms with Gasteiger partial charge in [0.05, 0.1) is 0 Å². The maximum atomic E-state index is 11.5. The molecule has 16 heavy (non-hydrogen) atoms. The third-order valence-electron chi connectivity index (χ3n) is 2.50. The highest BCUT2D eigenvalue weighted by Crippen LogP contribution is 2.18. The summed E-state index contributed by atoms with van der Waals surface area (Å²) < 4.78 is 5.38. The molecule has 0 aliphatic heterocycles. The van der Waals surface area contributed by atoms with Gasteiger partial charge in [0.25, 0.3) is 5.91 Å². The number of rotatable bonds is 4. The summed E-state index contributed by atoms with van der Waals surface area (Å²) in [5.74, 6) is 0.640. The molecule has 0 aliphatic carbocycles. The van der Waals surface area contributed by atoms with Crippen LogP contribution in [-0.4, -0.2) is 31.0 Å². The van der Waals surface area contributed by atoms with Crippen molar-refractivity contribution in [2.45, 2.75) is 13.8 Å². The Kier molecular flexibility index (Phi) is 4.17. The predicted octanol–water partition coefficient (Wildman–Crippen LogP) is 1.43. The molecule has 0 radical (unpaired) electrons. The Morgan fingerprint density at radius 1 is 1.50 bits per heavy atom. The van der Waals surface area contributed by atoms with Crippen molar-refractivity contribution in [2.75, 3.05) is 25.9 Å². The van der Waals surface area contributed by atoms with E-state index in [-0.39, 0.29) is 12.5 Å². The first-order valence-electron chi connectivity index (χ1n) is 5.27. The van der Waals surface area contributed by atoms with Crippen LogP contribution in [0.2, 0.25) is 0 Å². The van der Waals surface area contributed by atoms with E-state index in [1.165, 1.54) is 0 Å². The third kappa shape index (κ3) is 3.15. The lowest BCUT2D eigenvalue weighted by molar-refractivity contribution is -0.131. The fourth-order valence-corrected chi connectivity index (χ4v) is 1.17. The van der Waals surface area contributed by atoms with Crippen molar-refractivity contribution in [3.8, 4) is 5.75 Å². The van der Waals surface area contributed by atoms with Crippen molar-refractivity contribution >= 4 is 11.6 Å². The molecule has 0 saturated heterocycles. The lowest BCUT2D eigenvalue weighted by Gasteiger charge is -2.15. The fraction of sp³-hybridized carbons (Fsp3) is 0.417. The van der Waals surface area contributed by atoms with Gasteiger partial charge in [0.2, 0.25) is 0 Å². The zero-order valence-corrected chi connectivity index (χ0v) is 9.99. The molecule has 4 nitrogen and oxygen atoms in total. The summed E-state index contributed by atoms with van der Waals surface area (Å²) in [6, 6.07) is 5.37. The Hall–Kier alpha value is -1.71. The average molecular weight is 222 g/mol. The van der Waals surface area contributed by atoms with E-state index in [2.05, 4.69) is 0 Å². The van der Waals surface area contributed by atoms with Crippen molar-refractivity contribution in [3.63, 3.8) is 0 Å². The van der Waals surface area contributed by atoms with E-state index in [1.807, 2.05) is 19.9 Å². The van der Waals surface area contributed by atoms with Crippen LogP contribution >= 0.6 is 0 Å². The number of nitrogens with zero attached hydrogens (tertiary/aromatic N) is 1. The van der Waals surface area contributed by atoms with Gasteiger partial charge >= 0.3 is 0 Å². The second-order valence-electron chi connectivity index (χ2n) is 3.71. The first kappa shape index (κ1) is 12.4. The zero-order chi connectivity index (χ0) is 12.1. The Bertz CT molecular complexity index is 377. The number of benzene rings is 1. The summed E-state index contributed by atoms with van der Waals surface area (Å²) in [5, 5.41) is 0. The second-order valence-corrected chi connectivity index (χ2v) is 3.71. The number of likely N-dealkylation sites (N-methyl/N-ethyl adjacent to an activating group) is 1. The van der Waals surface area contributed by atoms with Crippen LogP contribution in [0.1, 0.15) is 12.5 Å². The molecule has 1 amide bonds. The van der Waals surface area contributed by atoms with Gasteiger partial charge in [-0.25, -0.2) is 0 Å². The minimum absolute atomic E-state index is 0.0306. The number of nitrogen functional groups attached to an aromatic ring is 1. The predicted molar refractivity (Wildman–Crippen MR) is 64.4 cm³/mol. The topological polar surface area (TPSA) is 55.6 Å². The van der Waals surface area contributed by atoms with E-state index >= 15 is 0 Å². The first-order chi connectivity index (χ1) is 7.54. The highest BCUT2D eigenvalue weighted by molar-refractivity contribution is 5.77. The number of hydrogen-bond acceptors (Lipinski definition) is 3. The van der Waals surface area contributed by atoms with Gasteiger partial charge in [0, 0.05) is 19.3 Å². The van der Waals surface area contributed by atoms with E-state index < -0.39 is 0 Å². The van der Waals surface area contributed by atoms with Gasteiger partial charge in [-0.2, -0.15) is 0 Å². The number of carbonyl (C=O) groups is 1. The van der Waals surface area contributed by atoms with Crippen molar-refractivity contribution in [1.29, 1.82) is 0 Å². The van der Waals surface area contributed by atoms with Gasteiger partial charge < -0.3 is 15.4 Å². The molecule has 1 aromatic rings. The van der Waals surface area contributed by atoms with Gasteiger partial charge in [0.15, 0.2) is 6.61 Å². The molecule has 1 aromatic carbocycles. The van der Waals surface area contributed by atoms with Crippen LogP contribution in [0.4, 0.5) is 5.69 Å². The molecule has 0 fully saturated rings. The van der Waals surface area contributed by atoms with E-state index in [0.717, 1.165) is 11.3 Å². The van der Waals surface area contributed by atoms with Gasteiger partial charge in [-0.05, 0) is 37.6 Å². The van der Waals surface area contributed by atoms with Gasteiger partial charge in [0.1, 0.15) is 5.75 Å². The molecule has 4 heteroatoms. The van der Waals surface area contributed by atoms with E-state index in [4.69, 9.17) is 10.5 Å². The molecule has 0 aliphatic rings. The van der Waals surface area contributed by atoms with E-state index in [0.29, 0.717) is 12.3 Å². The maximum absolute atomic E-state index is 11.5. The summed E-state index contributed by atoms with van der Waals surface area (Å²) in [7, 11) is 1.75. The fourth-order valence-electron chi connectivity index (χ4n) is 1.17. The van der Waals surface area contributed by atoms with Crippen LogP contribution in [0.25, 0.3) is 0 Å². The molecule has 0 unspecified atom stereocenters. The normalized spacial score (nSPS) is 9.94. The van der Waals surface area contributed by atoms with Crippen LogP contribution < -0.4 is 10.5 Å². The van der Waals surface area contributed by atoms with Crippen molar-refractivity contribution in [3.05, 3.63) is 23.8 Å². The highest BCUT2D eigenvalue weighted by atomic mass is 16.5.